The van der Waals surface area contributed by atoms with E-state index >= 15 is 0 Å². The Morgan fingerprint density at radius 2 is 2.19 bits per heavy atom. The number of aryl methyl sites for hydroxylation is 1. The molecule has 3 N–H and O–H groups in total. The lowest BCUT2D eigenvalue weighted by atomic mass is 10.3. The number of nitrogens with zero attached hydrogens (tertiary/aromatic N) is 4. The molecule has 2 amide bonds. The molecule has 1 aliphatic carbocycles. The SMILES string of the molecule is Cn1nc(C2CC2)cc1NC(=O)Cn1cc(-c2ccc(C(N)=O)s2)cn1. The van der Waals surface area contributed by atoms with Crippen LogP contribution in [0.1, 0.15) is 34.1 Å². The molecule has 0 atom stereocenters. The van der Waals surface area contributed by atoms with Gasteiger partial charge in [0.1, 0.15) is 12.4 Å². The maximum atomic E-state index is 12.3. The lowest BCUT2D eigenvalue weighted by Crippen LogP contribution is -2.20. The average molecular weight is 370 g/mol. The van der Waals surface area contributed by atoms with Gasteiger partial charge in [0.25, 0.3) is 5.91 Å². The molecule has 1 fully saturated rings. The molecule has 0 unspecified atom stereocenters. The third-order valence-electron chi connectivity index (χ3n) is 4.23. The van der Waals surface area contributed by atoms with Crippen molar-refractivity contribution in [2.45, 2.75) is 25.3 Å². The van der Waals surface area contributed by atoms with E-state index < -0.39 is 5.91 Å². The number of nitrogens with two attached hydrogens (primary N) is 1. The number of hydrogen-bond acceptors (Lipinski definition) is 5. The van der Waals surface area contributed by atoms with E-state index in [4.69, 9.17) is 5.73 Å². The van der Waals surface area contributed by atoms with E-state index in [1.165, 1.54) is 24.2 Å². The minimum absolute atomic E-state index is 0.0952. The predicted molar refractivity (Wildman–Crippen MR) is 97.9 cm³/mol. The number of hydrogen-bond donors (Lipinski definition) is 2. The Hall–Kier alpha value is -2.94. The first-order valence-corrected chi connectivity index (χ1v) is 9.07. The zero-order valence-corrected chi connectivity index (χ0v) is 15.0. The molecule has 8 nitrogen and oxygen atoms in total. The van der Waals surface area contributed by atoms with Crippen molar-refractivity contribution in [3.05, 3.63) is 41.2 Å². The Morgan fingerprint density at radius 3 is 2.88 bits per heavy atom. The van der Waals surface area contributed by atoms with Gasteiger partial charge >= 0.3 is 0 Å². The molecule has 134 valence electrons. The van der Waals surface area contributed by atoms with Crippen LogP contribution >= 0.6 is 11.3 Å². The number of primary amides is 1. The second kappa shape index (κ2) is 6.41. The molecule has 0 aliphatic heterocycles. The van der Waals surface area contributed by atoms with E-state index in [0.29, 0.717) is 16.6 Å². The van der Waals surface area contributed by atoms with Crippen LogP contribution in [0.5, 0.6) is 0 Å². The van der Waals surface area contributed by atoms with Gasteiger partial charge in [-0.3, -0.25) is 19.0 Å². The highest BCUT2D eigenvalue weighted by molar-refractivity contribution is 7.17. The van der Waals surface area contributed by atoms with Gasteiger partial charge in [0.2, 0.25) is 5.91 Å². The van der Waals surface area contributed by atoms with E-state index in [1.54, 1.807) is 27.8 Å². The summed E-state index contributed by atoms with van der Waals surface area (Å²) >= 11 is 1.30. The van der Waals surface area contributed by atoms with Gasteiger partial charge in [0, 0.05) is 35.7 Å². The molecule has 9 heteroatoms. The quantitative estimate of drug-likeness (QED) is 0.691. The van der Waals surface area contributed by atoms with Crippen LogP contribution in [0.15, 0.2) is 30.6 Å². The Bertz CT molecular complexity index is 981. The van der Waals surface area contributed by atoms with E-state index in [1.807, 2.05) is 19.2 Å². The Labute approximate surface area is 153 Å². The van der Waals surface area contributed by atoms with Crippen molar-refractivity contribution in [2.75, 3.05) is 5.32 Å². The highest BCUT2D eigenvalue weighted by Gasteiger charge is 2.27. The molecule has 26 heavy (non-hydrogen) atoms. The summed E-state index contributed by atoms with van der Waals surface area (Å²) in [5.74, 6) is 0.606. The Kier molecular flexibility index (Phi) is 4.08. The van der Waals surface area contributed by atoms with Gasteiger partial charge in [-0.25, -0.2) is 0 Å². The molecule has 0 radical (unpaired) electrons. The van der Waals surface area contributed by atoms with Crippen molar-refractivity contribution < 1.29 is 9.59 Å². The Morgan fingerprint density at radius 1 is 1.38 bits per heavy atom. The van der Waals surface area contributed by atoms with Crippen LogP contribution in [0.4, 0.5) is 5.82 Å². The average Bonchev–Trinajstić information content (AvgIpc) is 2.99. The summed E-state index contributed by atoms with van der Waals surface area (Å²) in [5.41, 5.74) is 7.15. The topological polar surface area (TPSA) is 108 Å². The van der Waals surface area contributed by atoms with Crippen LogP contribution in [-0.4, -0.2) is 31.4 Å². The van der Waals surface area contributed by atoms with Crippen LogP contribution < -0.4 is 11.1 Å². The molecule has 0 aromatic carbocycles. The van der Waals surface area contributed by atoms with Gasteiger partial charge in [0.05, 0.1) is 16.8 Å². The highest BCUT2D eigenvalue weighted by Crippen LogP contribution is 2.39. The van der Waals surface area contributed by atoms with Crippen molar-refractivity contribution in [1.82, 2.24) is 19.6 Å². The van der Waals surface area contributed by atoms with Crippen LogP contribution in [0, 0.1) is 0 Å². The van der Waals surface area contributed by atoms with Gasteiger partial charge in [-0.15, -0.1) is 11.3 Å². The zero-order chi connectivity index (χ0) is 18.3. The first-order valence-electron chi connectivity index (χ1n) is 8.26. The monoisotopic (exact) mass is 370 g/mol. The van der Waals surface area contributed by atoms with Gasteiger partial charge in [-0.05, 0) is 25.0 Å². The fourth-order valence-electron chi connectivity index (χ4n) is 2.72. The van der Waals surface area contributed by atoms with Crippen molar-refractivity contribution in [1.29, 1.82) is 0 Å². The standard InChI is InChI=1S/C17H18N6O2S/c1-22-15(6-12(21-22)10-2-3-10)20-16(24)9-23-8-11(7-19-23)13-4-5-14(26-13)17(18)25/h4-8,10H,2-3,9H2,1H3,(H2,18,25)(H,20,24). The summed E-state index contributed by atoms with van der Waals surface area (Å²) in [5, 5.41) is 11.5. The highest BCUT2D eigenvalue weighted by atomic mass is 32.1. The first kappa shape index (κ1) is 16.5. The number of thiophene rings is 1. The molecule has 1 saturated carbocycles. The van der Waals surface area contributed by atoms with Gasteiger partial charge in [-0.1, -0.05) is 0 Å². The van der Waals surface area contributed by atoms with Gasteiger partial charge in [0.15, 0.2) is 0 Å². The minimum atomic E-state index is -0.449. The molecular weight excluding hydrogens is 352 g/mol. The van der Waals surface area contributed by atoms with E-state index in [0.717, 1.165) is 16.1 Å². The normalized spacial score (nSPS) is 13.7. The first-order chi connectivity index (χ1) is 12.5. The van der Waals surface area contributed by atoms with Gasteiger partial charge < -0.3 is 11.1 Å². The second-order valence-electron chi connectivity index (χ2n) is 6.36. The number of amides is 2. The van der Waals surface area contributed by atoms with Crippen LogP contribution in [0.2, 0.25) is 0 Å². The summed E-state index contributed by atoms with van der Waals surface area (Å²) in [6.45, 7) is 0.0952. The fraction of sp³-hybridized carbons (Fsp3) is 0.294. The summed E-state index contributed by atoms with van der Waals surface area (Å²) in [7, 11) is 1.82. The molecule has 1 aliphatic rings. The number of carbonyl (C=O) groups excluding carboxylic acids is 2. The largest absolute Gasteiger partial charge is 0.365 e. The summed E-state index contributed by atoms with van der Waals surface area (Å²) < 4.78 is 3.25. The lowest BCUT2D eigenvalue weighted by molar-refractivity contribution is -0.116. The number of carbonyl (C=O) groups is 2. The second-order valence-corrected chi connectivity index (χ2v) is 7.44. The number of anilines is 1. The van der Waals surface area contributed by atoms with Crippen molar-refractivity contribution >= 4 is 29.0 Å². The van der Waals surface area contributed by atoms with Crippen LogP contribution in [0.25, 0.3) is 10.4 Å². The van der Waals surface area contributed by atoms with Crippen molar-refractivity contribution in [3.63, 3.8) is 0 Å². The third kappa shape index (κ3) is 3.38. The number of nitrogens with one attached hydrogen (secondary N) is 1. The van der Waals surface area contributed by atoms with Crippen LogP contribution in [0.3, 0.4) is 0 Å². The number of rotatable bonds is 6. The maximum Gasteiger partial charge on any atom is 0.258 e. The summed E-state index contributed by atoms with van der Waals surface area (Å²) in [6, 6.07) is 5.44. The summed E-state index contributed by atoms with van der Waals surface area (Å²) in [4.78, 5) is 24.9. The fourth-order valence-corrected chi connectivity index (χ4v) is 3.55. The molecule has 4 rings (SSSR count). The lowest BCUT2D eigenvalue weighted by Gasteiger charge is -2.05. The minimum Gasteiger partial charge on any atom is -0.365 e. The molecule has 0 spiro atoms. The molecule has 3 heterocycles. The maximum absolute atomic E-state index is 12.3. The van der Waals surface area contributed by atoms with Crippen molar-refractivity contribution in [2.24, 2.45) is 12.8 Å². The van der Waals surface area contributed by atoms with E-state index in [2.05, 4.69) is 15.5 Å². The molecule has 0 bridgehead atoms. The van der Waals surface area contributed by atoms with E-state index in [9.17, 15) is 9.59 Å². The number of aromatic nitrogens is 4. The molecule has 0 saturated heterocycles. The van der Waals surface area contributed by atoms with E-state index in [-0.39, 0.29) is 12.5 Å². The smallest absolute Gasteiger partial charge is 0.258 e. The molecular formula is C17H18N6O2S. The Balaban J connectivity index is 1.41. The zero-order valence-electron chi connectivity index (χ0n) is 14.2. The van der Waals surface area contributed by atoms with Crippen molar-refractivity contribution in [3.8, 4) is 10.4 Å². The predicted octanol–water partition coefficient (Wildman–Crippen LogP) is 1.96. The summed E-state index contributed by atoms with van der Waals surface area (Å²) in [6.07, 6.45) is 5.77. The van der Waals surface area contributed by atoms with Gasteiger partial charge in [-0.2, -0.15) is 10.2 Å². The third-order valence-corrected chi connectivity index (χ3v) is 5.38. The molecule has 3 aromatic rings. The molecule has 3 aromatic heterocycles. The van der Waals surface area contributed by atoms with Crippen LogP contribution in [-0.2, 0) is 18.4 Å².